The minimum atomic E-state index is -0.351. The van der Waals surface area contributed by atoms with Crippen molar-refractivity contribution in [3.05, 3.63) is 49.1 Å². The largest absolute Gasteiger partial charge is 0.568 e. The Morgan fingerprint density at radius 2 is 0.857 bits per heavy atom. The van der Waals surface area contributed by atoms with E-state index in [1.165, 1.54) is 0 Å². The molecule has 0 unspecified atom stereocenters. The molecule has 0 fully saturated rings. The van der Waals surface area contributed by atoms with E-state index in [-0.39, 0.29) is 7.12 Å². The topological polar surface area (TPSA) is 53.5 Å². The van der Waals surface area contributed by atoms with Gasteiger partial charge < -0.3 is 0 Å². The molecule has 0 aliphatic rings. The van der Waals surface area contributed by atoms with E-state index in [0.717, 1.165) is 30.5 Å². The summed E-state index contributed by atoms with van der Waals surface area (Å²) in [6, 6.07) is 0. The van der Waals surface area contributed by atoms with Crippen molar-refractivity contribution in [2.75, 3.05) is 0 Å². The van der Waals surface area contributed by atoms with Crippen molar-refractivity contribution >= 4 is 54.9 Å². The van der Waals surface area contributed by atoms with E-state index < -0.39 is 0 Å². The normalized spacial score (nSPS) is 12.0. The highest BCUT2D eigenvalue weighted by Crippen LogP contribution is 2.27. The maximum Gasteiger partial charge on any atom is 0.568 e. The van der Waals surface area contributed by atoms with Crippen LogP contribution >= 0.6 is 47.8 Å². The fourth-order valence-corrected chi connectivity index (χ4v) is 5.28. The molecule has 0 amide bonds. The summed E-state index contributed by atoms with van der Waals surface area (Å²) in [5.41, 5.74) is 3.03. The lowest BCUT2D eigenvalue weighted by molar-refractivity contribution is 0.710. The van der Waals surface area contributed by atoms with Crippen LogP contribution < -0.4 is 0 Å². The fraction of sp³-hybridized carbons (Fsp3) is 0.500. The molecule has 0 saturated carbocycles. The molecule has 0 aliphatic carbocycles. The van der Waals surface area contributed by atoms with E-state index in [4.69, 9.17) is 15.3 Å². The minimum absolute atomic E-state index is 0.308. The first-order valence-corrected chi connectivity index (χ1v) is 11.7. The monoisotopic (exact) mass is 572 g/mol. The lowest BCUT2D eigenvalue weighted by Gasteiger charge is -2.14. The summed E-state index contributed by atoms with van der Waals surface area (Å²) in [4.78, 5) is 0. The highest BCUT2D eigenvalue weighted by molar-refractivity contribution is 9.11. The number of hydrogen-bond donors (Lipinski definition) is 0. The molecule has 6 nitrogen and oxygen atoms in total. The highest BCUT2D eigenvalue weighted by Gasteiger charge is 2.32. The summed E-state index contributed by atoms with van der Waals surface area (Å²) in [6.45, 7) is 12.8. The molecule has 0 aromatic carbocycles. The molecule has 3 aromatic heterocycles. The van der Waals surface area contributed by atoms with Gasteiger partial charge in [-0.15, -0.1) is 0 Å². The quantitative estimate of drug-likeness (QED) is 0.347. The molecular formula is C18H24BBr3N6. The van der Waals surface area contributed by atoms with Crippen molar-refractivity contribution in [3.8, 4) is 0 Å². The van der Waals surface area contributed by atoms with Crippen molar-refractivity contribution < 1.29 is 0 Å². The van der Waals surface area contributed by atoms with E-state index in [1.54, 1.807) is 0 Å². The average molecular weight is 575 g/mol. The third-order valence-corrected chi connectivity index (χ3v) is 6.32. The van der Waals surface area contributed by atoms with Crippen LogP contribution in [0.3, 0.4) is 0 Å². The number of halogens is 3. The zero-order valence-electron chi connectivity index (χ0n) is 16.9. The van der Waals surface area contributed by atoms with Crippen LogP contribution in [0, 0.1) is 0 Å². The predicted molar refractivity (Wildman–Crippen MR) is 124 cm³/mol. The Labute approximate surface area is 191 Å². The molecule has 0 bridgehead atoms. The van der Waals surface area contributed by atoms with Crippen LogP contribution in [0.2, 0.25) is 0 Å². The Morgan fingerprint density at radius 1 is 0.607 bits per heavy atom. The van der Waals surface area contributed by atoms with Crippen molar-refractivity contribution in [2.45, 2.75) is 59.3 Å². The van der Waals surface area contributed by atoms with Gasteiger partial charge in [0.05, 0.1) is 30.5 Å². The lowest BCUT2D eigenvalue weighted by Crippen LogP contribution is -2.43. The Balaban J connectivity index is 2.18. The van der Waals surface area contributed by atoms with E-state index >= 15 is 0 Å². The van der Waals surface area contributed by atoms with Crippen molar-refractivity contribution in [3.63, 3.8) is 0 Å². The second-order valence-corrected chi connectivity index (χ2v) is 10.4. The predicted octanol–water partition coefficient (Wildman–Crippen LogP) is 5.86. The standard InChI is InChI=1S/C18H24BBr3N6/c1-10(2)16-13(20)7-26(23-16)19(27-8-14(21)17(24-27)11(3)4)28-9-15(22)18(25-28)12(5)6/h7-12H,1-6H3. The summed E-state index contributed by atoms with van der Waals surface area (Å²) in [7, 11) is -0.351. The smallest absolute Gasteiger partial charge is 0.267 e. The first-order valence-electron chi connectivity index (χ1n) is 9.33. The van der Waals surface area contributed by atoms with Gasteiger partial charge in [0.25, 0.3) is 0 Å². The number of nitrogens with zero attached hydrogens (tertiary/aromatic N) is 6. The van der Waals surface area contributed by atoms with Crippen LogP contribution in [-0.2, 0) is 0 Å². The summed E-state index contributed by atoms with van der Waals surface area (Å²) < 4.78 is 8.68. The summed E-state index contributed by atoms with van der Waals surface area (Å²) in [5.74, 6) is 0.923. The third-order valence-electron chi connectivity index (χ3n) is 4.49. The van der Waals surface area contributed by atoms with Gasteiger partial charge in [-0.2, -0.15) is 15.3 Å². The van der Waals surface area contributed by atoms with Gasteiger partial charge in [0, 0.05) is 18.6 Å². The van der Waals surface area contributed by atoms with Crippen molar-refractivity contribution in [1.82, 2.24) is 29.1 Å². The SMILES string of the molecule is CC(C)c1nn(B(n2cc(Br)c(C(C)C)n2)n2cc(Br)c(C(C)C)n2)cc1Br. The molecule has 0 atom stereocenters. The third kappa shape index (κ3) is 4.19. The molecule has 3 aromatic rings. The van der Waals surface area contributed by atoms with Gasteiger partial charge in [0.1, 0.15) is 0 Å². The molecular weight excluding hydrogens is 551 g/mol. The fourth-order valence-electron chi connectivity index (χ4n) is 3.04. The molecule has 0 spiro atoms. The molecule has 0 radical (unpaired) electrons. The number of rotatable bonds is 6. The molecule has 3 rings (SSSR count). The van der Waals surface area contributed by atoms with Gasteiger partial charge in [-0.05, 0) is 65.5 Å². The first kappa shape index (κ1) is 21.8. The summed E-state index contributed by atoms with van der Waals surface area (Å²) in [6.07, 6.45) is 5.99. The number of aromatic nitrogens is 6. The maximum absolute atomic E-state index is 4.85. The van der Waals surface area contributed by atoms with E-state index in [9.17, 15) is 0 Å². The van der Waals surface area contributed by atoms with Crippen molar-refractivity contribution in [2.24, 2.45) is 0 Å². The van der Waals surface area contributed by atoms with Crippen LogP contribution in [0.4, 0.5) is 0 Å². The van der Waals surface area contributed by atoms with Gasteiger partial charge in [0.2, 0.25) is 0 Å². The van der Waals surface area contributed by atoms with Gasteiger partial charge in [-0.3, -0.25) is 13.8 Å². The molecule has 150 valence electrons. The van der Waals surface area contributed by atoms with Crippen LogP contribution in [0.5, 0.6) is 0 Å². The zero-order chi connectivity index (χ0) is 20.7. The maximum atomic E-state index is 4.85. The first-order chi connectivity index (χ1) is 13.1. The molecule has 28 heavy (non-hydrogen) atoms. The Hall–Kier alpha value is -0.865. The molecule has 10 heteroatoms. The van der Waals surface area contributed by atoms with Crippen molar-refractivity contribution in [1.29, 1.82) is 0 Å². The lowest BCUT2D eigenvalue weighted by atomic mass is 9.96. The van der Waals surface area contributed by atoms with E-state index in [0.29, 0.717) is 17.8 Å². The van der Waals surface area contributed by atoms with Gasteiger partial charge in [0.15, 0.2) is 0 Å². The Kier molecular flexibility index (Phi) is 6.61. The van der Waals surface area contributed by atoms with Gasteiger partial charge >= 0.3 is 7.12 Å². The molecule has 3 heterocycles. The number of hydrogen-bond acceptors (Lipinski definition) is 3. The Bertz CT molecular complexity index is 848. The summed E-state index contributed by atoms with van der Waals surface area (Å²) >= 11 is 11.0. The second-order valence-electron chi connectivity index (χ2n) is 7.84. The van der Waals surface area contributed by atoms with Gasteiger partial charge in [-0.1, -0.05) is 41.5 Å². The molecule has 0 aliphatic heterocycles. The van der Waals surface area contributed by atoms with Crippen LogP contribution in [-0.4, -0.2) is 36.2 Å². The second kappa shape index (κ2) is 8.48. The van der Waals surface area contributed by atoms with Crippen LogP contribution in [0.1, 0.15) is 76.4 Å². The highest BCUT2D eigenvalue weighted by atomic mass is 79.9. The van der Waals surface area contributed by atoms with E-state index in [1.807, 2.05) is 32.4 Å². The minimum Gasteiger partial charge on any atom is -0.267 e. The average Bonchev–Trinajstić information content (AvgIpc) is 3.26. The summed E-state index contributed by atoms with van der Waals surface area (Å²) in [5, 5.41) is 14.5. The molecule has 0 N–H and O–H groups in total. The Morgan fingerprint density at radius 3 is 1.04 bits per heavy atom. The van der Waals surface area contributed by atoms with Gasteiger partial charge in [-0.25, -0.2) is 0 Å². The zero-order valence-corrected chi connectivity index (χ0v) is 21.6. The van der Waals surface area contributed by atoms with Crippen LogP contribution in [0.15, 0.2) is 32.0 Å². The van der Waals surface area contributed by atoms with Crippen LogP contribution in [0.25, 0.3) is 0 Å². The van der Waals surface area contributed by atoms with E-state index in [2.05, 4.69) is 89.3 Å². The molecule has 0 saturated heterocycles.